The van der Waals surface area contributed by atoms with E-state index in [0.29, 0.717) is 29.4 Å². The average molecular weight is 281 g/mol. The Labute approximate surface area is 122 Å². The molecule has 2 aromatic carbocycles. The maximum Gasteiger partial charge on any atom is 0.258 e. The maximum atomic E-state index is 9.62. The summed E-state index contributed by atoms with van der Waals surface area (Å²) in [7, 11) is 0. The van der Waals surface area contributed by atoms with Gasteiger partial charge in [-0.15, -0.1) is 0 Å². The van der Waals surface area contributed by atoms with Crippen LogP contribution in [0.5, 0.6) is 5.75 Å². The molecule has 1 aromatic heterocycles. The zero-order valence-corrected chi connectivity index (χ0v) is 11.6. The lowest BCUT2D eigenvalue weighted by molar-refractivity contribution is 0.423. The summed E-state index contributed by atoms with van der Waals surface area (Å²) in [5, 5.41) is 13.6. The molecule has 0 fully saturated rings. The lowest BCUT2D eigenvalue weighted by atomic mass is 10.1. The first-order chi connectivity index (χ1) is 10.1. The quantitative estimate of drug-likeness (QED) is 0.569. The standard InChI is InChI=1S/C16H15N3O2/c1-10-3-2-4-11(7-10)8-15-18-16(21-19-15)12-5-6-13(17)14(20)9-12/h2-7,9,20H,8,17H2,1H3. The molecule has 106 valence electrons. The van der Waals surface area contributed by atoms with E-state index in [0.717, 1.165) is 5.56 Å². The van der Waals surface area contributed by atoms with E-state index in [4.69, 9.17) is 10.3 Å². The first kappa shape index (κ1) is 13.2. The number of phenolic OH excluding ortho intramolecular Hbond substituents is 1. The van der Waals surface area contributed by atoms with E-state index in [1.165, 1.54) is 11.6 Å². The SMILES string of the molecule is Cc1cccc(Cc2noc(-c3ccc(N)c(O)c3)n2)c1. The summed E-state index contributed by atoms with van der Waals surface area (Å²) in [6.45, 7) is 2.04. The largest absolute Gasteiger partial charge is 0.506 e. The third kappa shape index (κ3) is 2.86. The molecule has 0 bridgehead atoms. The summed E-state index contributed by atoms with van der Waals surface area (Å²) in [4.78, 5) is 4.35. The second kappa shape index (κ2) is 5.28. The fourth-order valence-electron chi connectivity index (χ4n) is 2.12. The van der Waals surface area contributed by atoms with Gasteiger partial charge in [0.25, 0.3) is 5.89 Å². The van der Waals surface area contributed by atoms with Crippen molar-refractivity contribution in [3.8, 4) is 17.2 Å². The zero-order valence-electron chi connectivity index (χ0n) is 11.6. The predicted molar refractivity (Wildman–Crippen MR) is 79.8 cm³/mol. The van der Waals surface area contributed by atoms with Gasteiger partial charge in [-0.3, -0.25) is 0 Å². The number of hydrogen-bond donors (Lipinski definition) is 2. The van der Waals surface area contributed by atoms with Crippen LogP contribution in [-0.4, -0.2) is 15.2 Å². The predicted octanol–water partition coefficient (Wildman–Crippen LogP) is 2.92. The van der Waals surface area contributed by atoms with Gasteiger partial charge in [0.2, 0.25) is 0 Å². The lowest BCUT2D eigenvalue weighted by Gasteiger charge is -1.99. The van der Waals surface area contributed by atoms with Crippen molar-refractivity contribution in [2.24, 2.45) is 0 Å². The summed E-state index contributed by atoms with van der Waals surface area (Å²) in [5.74, 6) is 0.978. The van der Waals surface area contributed by atoms with Gasteiger partial charge in [0.05, 0.1) is 5.69 Å². The minimum atomic E-state index is 0.00549. The number of nitrogen functional groups attached to an aromatic ring is 1. The van der Waals surface area contributed by atoms with Crippen LogP contribution in [0.1, 0.15) is 17.0 Å². The van der Waals surface area contributed by atoms with E-state index >= 15 is 0 Å². The molecular formula is C16H15N3O2. The van der Waals surface area contributed by atoms with Gasteiger partial charge in [-0.2, -0.15) is 4.98 Å². The molecule has 3 aromatic rings. The third-order valence-electron chi connectivity index (χ3n) is 3.19. The van der Waals surface area contributed by atoms with Crippen molar-refractivity contribution in [1.82, 2.24) is 10.1 Å². The van der Waals surface area contributed by atoms with Crippen LogP contribution < -0.4 is 5.73 Å². The molecule has 0 aliphatic carbocycles. The van der Waals surface area contributed by atoms with Crippen LogP contribution in [0.2, 0.25) is 0 Å². The number of aryl methyl sites for hydroxylation is 1. The van der Waals surface area contributed by atoms with Gasteiger partial charge >= 0.3 is 0 Å². The summed E-state index contributed by atoms with van der Waals surface area (Å²) in [5.41, 5.74) is 8.85. The van der Waals surface area contributed by atoms with E-state index in [1.54, 1.807) is 12.1 Å². The Morgan fingerprint density at radius 1 is 1.19 bits per heavy atom. The highest BCUT2D eigenvalue weighted by Gasteiger charge is 2.11. The van der Waals surface area contributed by atoms with Crippen molar-refractivity contribution >= 4 is 5.69 Å². The number of phenols is 1. The van der Waals surface area contributed by atoms with Crippen LogP contribution in [0.4, 0.5) is 5.69 Å². The van der Waals surface area contributed by atoms with Crippen LogP contribution in [0.25, 0.3) is 11.5 Å². The van der Waals surface area contributed by atoms with E-state index < -0.39 is 0 Å². The van der Waals surface area contributed by atoms with Gasteiger partial charge in [0, 0.05) is 12.0 Å². The fraction of sp³-hybridized carbons (Fsp3) is 0.125. The number of aromatic hydroxyl groups is 1. The monoisotopic (exact) mass is 281 g/mol. The van der Waals surface area contributed by atoms with E-state index in [-0.39, 0.29) is 5.75 Å². The molecule has 0 atom stereocenters. The van der Waals surface area contributed by atoms with Crippen molar-refractivity contribution in [3.63, 3.8) is 0 Å². The number of anilines is 1. The highest BCUT2D eigenvalue weighted by atomic mass is 16.5. The number of benzene rings is 2. The van der Waals surface area contributed by atoms with Crippen LogP contribution in [-0.2, 0) is 6.42 Å². The summed E-state index contributed by atoms with van der Waals surface area (Å²) in [6.07, 6.45) is 0.603. The Bertz CT molecular complexity index is 781. The lowest BCUT2D eigenvalue weighted by Crippen LogP contribution is -1.91. The van der Waals surface area contributed by atoms with Crippen molar-refractivity contribution in [2.45, 2.75) is 13.3 Å². The Balaban J connectivity index is 1.84. The number of nitrogens with zero attached hydrogens (tertiary/aromatic N) is 2. The molecule has 5 heteroatoms. The fourth-order valence-corrected chi connectivity index (χ4v) is 2.12. The van der Waals surface area contributed by atoms with Gasteiger partial charge in [-0.05, 0) is 30.7 Å². The van der Waals surface area contributed by atoms with Crippen molar-refractivity contribution in [3.05, 3.63) is 59.4 Å². The topological polar surface area (TPSA) is 85.2 Å². The normalized spacial score (nSPS) is 10.7. The van der Waals surface area contributed by atoms with Gasteiger partial charge in [-0.1, -0.05) is 35.0 Å². The van der Waals surface area contributed by atoms with Gasteiger partial charge in [0.15, 0.2) is 5.82 Å². The van der Waals surface area contributed by atoms with E-state index in [2.05, 4.69) is 16.2 Å². The summed E-state index contributed by atoms with van der Waals surface area (Å²) in [6, 6.07) is 13.0. The first-order valence-electron chi connectivity index (χ1n) is 6.59. The van der Waals surface area contributed by atoms with Crippen molar-refractivity contribution in [1.29, 1.82) is 0 Å². The number of nitrogens with two attached hydrogens (primary N) is 1. The third-order valence-corrected chi connectivity index (χ3v) is 3.19. The number of aromatic nitrogens is 2. The molecule has 0 amide bonds. The molecule has 3 rings (SSSR count). The Morgan fingerprint density at radius 2 is 2.05 bits per heavy atom. The average Bonchev–Trinajstić information content (AvgIpc) is 2.90. The molecule has 0 aliphatic heterocycles. The van der Waals surface area contributed by atoms with Gasteiger partial charge < -0.3 is 15.4 Å². The summed E-state index contributed by atoms with van der Waals surface area (Å²) >= 11 is 0. The van der Waals surface area contributed by atoms with Gasteiger partial charge in [0.1, 0.15) is 5.75 Å². The minimum absolute atomic E-state index is 0.00549. The molecule has 21 heavy (non-hydrogen) atoms. The number of rotatable bonds is 3. The Kier molecular flexibility index (Phi) is 3.31. The van der Waals surface area contributed by atoms with Crippen LogP contribution in [0, 0.1) is 6.92 Å². The maximum absolute atomic E-state index is 9.62. The van der Waals surface area contributed by atoms with Crippen LogP contribution in [0.15, 0.2) is 47.0 Å². The molecule has 5 nitrogen and oxygen atoms in total. The minimum Gasteiger partial charge on any atom is -0.506 e. The highest BCUT2D eigenvalue weighted by Crippen LogP contribution is 2.27. The number of hydrogen-bond acceptors (Lipinski definition) is 5. The molecule has 0 radical (unpaired) electrons. The van der Waals surface area contributed by atoms with Gasteiger partial charge in [-0.25, -0.2) is 0 Å². The molecular weight excluding hydrogens is 266 g/mol. The van der Waals surface area contributed by atoms with Crippen LogP contribution in [0.3, 0.4) is 0 Å². The van der Waals surface area contributed by atoms with E-state index in [1.807, 2.05) is 25.1 Å². The molecule has 0 saturated carbocycles. The Hall–Kier alpha value is -2.82. The van der Waals surface area contributed by atoms with E-state index in [9.17, 15) is 5.11 Å². The zero-order chi connectivity index (χ0) is 14.8. The smallest absolute Gasteiger partial charge is 0.258 e. The molecule has 0 unspecified atom stereocenters. The second-order valence-electron chi connectivity index (χ2n) is 4.96. The first-order valence-corrected chi connectivity index (χ1v) is 6.59. The van der Waals surface area contributed by atoms with Crippen LogP contribution >= 0.6 is 0 Å². The van der Waals surface area contributed by atoms with Crippen molar-refractivity contribution in [2.75, 3.05) is 5.73 Å². The molecule has 1 heterocycles. The second-order valence-corrected chi connectivity index (χ2v) is 4.96. The molecule has 0 aliphatic rings. The molecule has 0 saturated heterocycles. The molecule has 0 spiro atoms. The highest BCUT2D eigenvalue weighted by molar-refractivity contribution is 5.63. The summed E-state index contributed by atoms with van der Waals surface area (Å²) < 4.78 is 5.23. The Morgan fingerprint density at radius 3 is 2.81 bits per heavy atom. The van der Waals surface area contributed by atoms with Crippen molar-refractivity contribution < 1.29 is 9.63 Å². The molecule has 3 N–H and O–H groups in total.